The van der Waals surface area contributed by atoms with Crippen LogP contribution in [-0.2, 0) is 14.6 Å². The number of Topliss-reactive ketones (excluding diaryl/α,β-unsaturated/α-hetero) is 1. The first-order chi connectivity index (χ1) is 8.53. The molecule has 4 nitrogen and oxygen atoms in total. The Morgan fingerprint density at radius 1 is 1.28 bits per heavy atom. The lowest BCUT2D eigenvalue weighted by molar-refractivity contribution is -0.119. The third kappa shape index (κ3) is 6.50. The molecule has 0 aliphatic carbocycles. The van der Waals surface area contributed by atoms with Gasteiger partial charge in [0.25, 0.3) is 0 Å². The molecule has 0 aromatic heterocycles. The van der Waals surface area contributed by atoms with Gasteiger partial charge in [0.15, 0.2) is 9.84 Å². The van der Waals surface area contributed by atoms with E-state index in [4.69, 9.17) is 0 Å². The highest BCUT2D eigenvalue weighted by Crippen LogP contribution is 2.16. The van der Waals surface area contributed by atoms with E-state index < -0.39 is 9.84 Å². The summed E-state index contributed by atoms with van der Waals surface area (Å²) in [6, 6.07) is 0. The molecular formula is C13H25NO3S. The Balaban J connectivity index is 2.17. The maximum absolute atomic E-state index is 11.7. The standard InChI is InChI=1S/C13H25NO3S/c1-2-9-18(16,17)10-7-13(15)6-5-12-4-3-8-14-11-12/h12,14H,2-11H2,1H3. The van der Waals surface area contributed by atoms with Crippen LogP contribution in [0.15, 0.2) is 0 Å². The van der Waals surface area contributed by atoms with Gasteiger partial charge in [-0.1, -0.05) is 6.92 Å². The second-order valence-corrected chi connectivity index (χ2v) is 7.50. The van der Waals surface area contributed by atoms with Gasteiger partial charge in [0.05, 0.1) is 5.75 Å². The third-order valence-corrected chi connectivity index (χ3v) is 5.29. The van der Waals surface area contributed by atoms with Crippen molar-refractivity contribution < 1.29 is 13.2 Å². The molecule has 18 heavy (non-hydrogen) atoms. The molecule has 0 aromatic rings. The van der Waals surface area contributed by atoms with Crippen LogP contribution in [0.2, 0.25) is 0 Å². The molecule has 0 saturated carbocycles. The van der Waals surface area contributed by atoms with E-state index in [-0.39, 0.29) is 23.7 Å². The summed E-state index contributed by atoms with van der Waals surface area (Å²) in [6.07, 6.45) is 4.64. The minimum absolute atomic E-state index is 0.0303. The summed E-state index contributed by atoms with van der Waals surface area (Å²) in [7, 11) is -3.00. The minimum Gasteiger partial charge on any atom is -0.316 e. The second kappa shape index (κ2) is 7.89. The maximum Gasteiger partial charge on any atom is 0.150 e. The quantitative estimate of drug-likeness (QED) is 0.730. The minimum atomic E-state index is -3.00. The average molecular weight is 275 g/mol. The van der Waals surface area contributed by atoms with Crippen LogP contribution in [-0.4, -0.2) is 38.8 Å². The van der Waals surface area contributed by atoms with Crippen molar-refractivity contribution in [1.29, 1.82) is 0 Å². The summed E-state index contributed by atoms with van der Waals surface area (Å²) in [4.78, 5) is 11.7. The number of piperidine rings is 1. The van der Waals surface area contributed by atoms with Gasteiger partial charge >= 0.3 is 0 Å². The second-order valence-electron chi connectivity index (χ2n) is 5.19. The zero-order valence-corrected chi connectivity index (χ0v) is 12.1. The van der Waals surface area contributed by atoms with Gasteiger partial charge in [-0.15, -0.1) is 0 Å². The topological polar surface area (TPSA) is 63.2 Å². The van der Waals surface area contributed by atoms with Crippen molar-refractivity contribution in [3.63, 3.8) is 0 Å². The number of rotatable bonds is 8. The molecule has 0 amide bonds. The highest BCUT2D eigenvalue weighted by atomic mass is 32.2. The predicted octanol–water partition coefficient (Wildman–Crippen LogP) is 1.55. The van der Waals surface area contributed by atoms with Crippen LogP contribution in [0.5, 0.6) is 0 Å². The van der Waals surface area contributed by atoms with Crippen molar-refractivity contribution in [2.24, 2.45) is 5.92 Å². The van der Waals surface area contributed by atoms with Crippen molar-refractivity contribution in [3.05, 3.63) is 0 Å². The van der Waals surface area contributed by atoms with E-state index in [9.17, 15) is 13.2 Å². The zero-order chi connectivity index (χ0) is 13.4. The predicted molar refractivity (Wildman–Crippen MR) is 73.4 cm³/mol. The fraction of sp³-hybridized carbons (Fsp3) is 0.923. The van der Waals surface area contributed by atoms with Gasteiger partial charge in [0.1, 0.15) is 5.78 Å². The molecule has 1 N–H and O–H groups in total. The molecule has 1 aliphatic heterocycles. The lowest BCUT2D eigenvalue weighted by atomic mass is 9.93. The van der Waals surface area contributed by atoms with Gasteiger partial charge in [-0.3, -0.25) is 4.79 Å². The molecule has 0 bridgehead atoms. The van der Waals surface area contributed by atoms with Gasteiger partial charge < -0.3 is 5.32 Å². The first-order valence-corrected chi connectivity index (χ1v) is 8.78. The number of hydrogen-bond donors (Lipinski definition) is 1. The Labute approximate surface area is 110 Å². The Morgan fingerprint density at radius 2 is 2.06 bits per heavy atom. The first kappa shape index (κ1) is 15.6. The fourth-order valence-corrected chi connectivity index (χ4v) is 3.71. The Bertz CT molecular complexity index is 345. The SMILES string of the molecule is CCCS(=O)(=O)CCC(=O)CCC1CCCNC1. The van der Waals surface area contributed by atoms with Crippen molar-refractivity contribution in [1.82, 2.24) is 5.32 Å². The van der Waals surface area contributed by atoms with Crippen molar-refractivity contribution in [2.75, 3.05) is 24.6 Å². The number of carbonyl (C=O) groups excluding carboxylic acids is 1. The molecule has 0 radical (unpaired) electrons. The number of sulfone groups is 1. The van der Waals surface area contributed by atoms with Gasteiger partial charge in [0.2, 0.25) is 0 Å². The molecule has 1 rings (SSSR count). The number of ketones is 1. The normalized spacial score (nSPS) is 20.8. The Kier molecular flexibility index (Phi) is 6.86. The average Bonchev–Trinajstić information content (AvgIpc) is 2.35. The van der Waals surface area contributed by atoms with Crippen LogP contribution < -0.4 is 5.32 Å². The summed E-state index contributed by atoms with van der Waals surface area (Å²) >= 11 is 0. The third-order valence-electron chi connectivity index (χ3n) is 3.44. The number of hydrogen-bond acceptors (Lipinski definition) is 4. The smallest absolute Gasteiger partial charge is 0.150 e. The molecular weight excluding hydrogens is 250 g/mol. The summed E-state index contributed by atoms with van der Waals surface area (Å²) in [6.45, 7) is 3.93. The molecule has 1 saturated heterocycles. The maximum atomic E-state index is 11.7. The number of carbonyl (C=O) groups is 1. The first-order valence-electron chi connectivity index (χ1n) is 6.96. The lowest BCUT2D eigenvalue weighted by Gasteiger charge is -2.22. The van der Waals surface area contributed by atoms with E-state index >= 15 is 0 Å². The van der Waals surface area contributed by atoms with E-state index in [1.165, 1.54) is 12.8 Å². The van der Waals surface area contributed by atoms with Crippen LogP contribution in [0, 0.1) is 5.92 Å². The largest absolute Gasteiger partial charge is 0.316 e. The Morgan fingerprint density at radius 3 is 2.67 bits per heavy atom. The van der Waals surface area contributed by atoms with Crippen molar-refractivity contribution >= 4 is 15.6 Å². The highest BCUT2D eigenvalue weighted by Gasteiger charge is 2.16. The summed E-state index contributed by atoms with van der Waals surface area (Å²) in [5.41, 5.74) is 0. The molecule has 1 aliphatic rings. The van der Waals surface area contributed by atoms with Gasteiger partial charge in [-0.05, 0) is 44.7 Å². The van der Waals surface area contributed by atoms with E-state index in [1.807, 2.05) is 6.92 Å². The van der Waals surface area contributed by atoms with Gasteiger partial charge in [-0.25, -0.2) is 8.42 Å². The van der Waals surface area contributed by atoms with Gasteiger partial charge in [-0.2, -0.15) is 0 Å². The molecule has 1 unspecified atom stereocenters. The van der Waals surface area contributed by atoms with Crippen molar-refractivity contribution in [3.8, 4) is 0 Å². The molecule has 1 heterocycles. The van der Waals surface area contributed by atoms with E-state index in [0.29, 0.717) is 18.8 Å². The monoisotopic (exact) mass is 275 g/mol. The van der Waals surface area contributed by atoms with E-state index in [1.54, 1.807) is 0 Å². The zero-order valence-electron chi connectivity index (χ0n) is 11.3. The van der Waals surface area contributed by atoms with Gasteiger partial charge in [0, 0.05) is 18.6 Å². The lowest BCUT2D eigenvalue weighted by Crippen LogP contribution is -2.30. The van der Waals surface area contributed by atoms with Crippen LogP contribution in [0.25, 0.3) is 0 Å². The fourth-order valence-electron chi connectivity index (χ4n) is 2.34. The van der Waals surface area contributed by atoms with Crippen LogP contribution in [0.3, 0.4) is 0 Å². The summed E-state index contributed by atoms with van der Waals surface area (Å²) in [5.74, 6) is 0.922. The van der Waals surface area contributed by atoms with E-state index in [0.717, 1.165) is 19.5 Å². The molecule has 106 valence electrons. The Hall–Kier alpha value is -0.420. The van der Waals surface area contributed by atoms with Crippen LogP contribution in [0.1, 0.15) is 45.4 Å². The molecule has 1 fully saturated rings. The molecule has 0 aromatic carbocycles. The molecule has 5 heteroatoms. The highest BCUT2D eigenvalue weighted by molar-refractivity contribution is 7.91. The number of nitrogens with one attached hydrogen (secondary N) is 1. The van der Waals surface area contributed by atoms with Crippen LogP contribution in [0.4, 0.5) is 0 Å². The molecule has 0 spiro atoms. The van der Waals surface area contributed by atoms with E-state index in [2.05, 4.69) is 5.32 Å². The van der Waals surface area contributed by atoms with Crippen LogP contribution >= 0.6 is 0 Å². The summed E-state index contributed by atoms with van der Waals surface area (Å²) < 4.78 is 23.0. The molecule has 1 atom stereocenters. The summed E-state index contributed by atoms with van der Waals surface area (Å²) in [5, 5.41) is 3.32. The van der Waals surface area contributed by atoms with Crippen molar-refractivity contribution in [2.45, 2.75) is 45.4 Å².